The molecule has 0 spiro atoms. The number of aliphatic imine (C=N–C) groups is 2. The van der Waals surface area contributed by atoms with Crippen molar-refractivity contribution in [2.45, 2.75) is 41.5 Å². The average molecular weight is 499 g/mol. The maximum atomic E-state index is 4.87. The first-order chi connectivity index (χ1) is 14.7. The van der Waals surface area contributed by atoms with E-state index in [1.807, 2.05) is 31.7 Å². The summed E-state index contributed by atoms with van der Waals surface area (Å²) in [6.45, 7) is 12.4. The van der Waals surface area contributed by atoms with E-state index in [0.717, 1.165) is 34.3 Å². The molecule has 0 N–H and O–H groups in total. The second-order valence-electron chi connectivity index (χ2n) is 7.49. The number of hydrogen-bond donors (Lipinski definition) is 0. The van der Waals surface area contributed by atoms with Crippen LogP contribution in [0, 0.1) is 27.7 Å². The third-order valence-electron chi connectivity index (χ3n) is 5.01. The topological polar surface area (TPSA) is 42.5 Å². The van der Waals surface area contributed by atoms with Crippen LogP contribution in [0.25, 0.3) is 0 Å². The van der Waals surface area contributed by atoms with Crippen LogP contribution in [0.4, 0.5) is 11.4 Å². The molecule has 0 aliphatic carbocycles. The standard InChI is InChI=1S/C24H28N4.2ClH.Fe/c1-15-10-8-11-16(2)22(15)25-19(5)21-14-28(7)24(27-21)20(6)26-23-17(3)12-9-13-18(23)4;;;/h8-14H,1-7H3;2*1H;/q;;;+2/p-2. The summed E-state index contributed by atoms with van der Waals surface area (Å²) in [6, 6.07) is 12.5. The molecule has 0 unspecified atom stereocenters. The first-order valence-electron chi connectivity index (χ1n) is 9.81. The zero-order chi connectivity index (χ0) is 23.1. The number of imidazole rings is 1. The van der Waals surface area contributed by atoms with E-state index < -0.39 is 0 Å². The van der Waals surface area contributed by atoms with Crippen LogP contribution in [0.15, 0.2) is 52.6 Å². The van der Waals surface area contributed by atoms with Crippen LogP contribution in [0.2, 0.25) is 0 Å². The Bertz CT molecular complexity index is 1080. The summed E-state index contributed by atoms with van der Waals surface area (Å²) >= 11 is 0.194. The van der Waals surface area contributed by atoms with Crippen LogP contribution >= 0.6 is 20.2 Å². The number of aryl methyl sites for hydroxylation is 5. The van der Waals surface area contributed by atoms with Gasteiger partial charge in [0.05, 0.1) is 22.8 Å². The number of aromatic nitrogens is 2. The van der Waals surface area contributed by atoms with Crippen LogP contribution in [-0.4, -0.2) is 21.0 Å². The Morgan fingerprint density at radius 3 is 1.61 bits per heavy atom. The Morgan fingerprint density at radius 1 is 0.806 bits per heavy atom. The molecule has 4 nitrogen and oxygen atoms in total. The van der Waals surface area contributed by atoms with Crippen molar-refractivity contribution in [2.24, 2.45) is 17.0 Å². The number of para-hydroxylation sites is 2. The van der Waals surface area contributed by atoms with E-state index in [9.17, 15) is 0 Å². The molecule has 0 saturated carbocycles. The summed E-state index contributed by atoms with van der Waals surface area (Å²) in [6.07, 6.45) is 2.02. The molecule has 0 amide bonds. The van der Waals surface area contributed by atoms with E-state index >= 15 is 0 Å². The Morgan fingerprint density at radius 2 is 1.19 bits per heavy atom. The molecular weight excluding hydrogens is 471 g/mol. The molecule has 31 heavy (non-hydrogen) atoms. The summed E-state index contributed by atoms with van der Waals surface area (Å²) in [5, 5.41) is 0. The number of halogens is 2. The molecule has 0 fully saturated rings. The SMILES string of the molecule is CC(=Nc1c(C)cccc1C)c1cn(C)c(C(C)=Nc2c(C)cccc2C)n1.[Cl][Fe][Cl]. The monoisotopic (exact) mass is 498 g/mol. The molecule has 3 aromatic rings. The fraction of sp³-hybridized carbons (Fsp3) is 0.292. The molecule has 166 valence electrons. The Labute approximate surface area is 200 Å². The van der Waals surface area contributed by atoms with Crippen molar-refractivity contribution in [3.63, 3.8) is 0 Å². The van der Waals surface area contributed by atoms with Crippen molar-refractivity contribution in [1.29, 1.82) is 0 Å². The summed E-state index contributed by atoms with van der Waals surface area (Å²) in [5.41, 5.74) is 9.38. The molecule has 0 atom stereocenters. The molecule has 3 rings (SSSR count). The van der Waals surface area contributed by atoms with Crippen molar-refractivity contribution < 1.29 is 13.1 Å². The summed E-state index contributed by atoms with van der Waals surface area (Å²) < 4.78 is 2.02. The van der Waals surface area contributed by atoms with Crippen molar-refractivity contribution in [1.82, 2.24) is 9.55 Å². The maximum absolute atomic E-state index is 4.87. The van der Waals surface area contributed by atoms with Gasteiger partial charge in [-0.1, -0.05) is 36.4 Å². The van der Waals surface area contributed by atoms with E-state index in [1.54, 1.807) is 0 Å². The third-order valence-corrected chi connectivity index (χ3v) is 5.01. The van der Waals surface area contributed by atoms with Crippen molar-refractivity contribution in [3.8, 4) is 0 Å². The van der Waals surface area contributed by atoms with Crippen molar-refractivity contribution >= 4 is 43.0 Å². The number of benzene rings is 2. The fourth-order valence-electron chi connectivity index (χ4n) is 3.38. The summed E-state index contributed by atoms with van der Waals surface area (Å²) in [5.74, 6) is 0.855. The second-order valence-corrected chi connectivity index (χ2v) is 9.31. The van der Waals surface area contributed by atoms with Gasteiger partial charge in [-0.05, 0) is 63.8 Å². The molecule has 2 aromatic carbocycles. The normalized spacial score (nSPS) is 12.0. The molecule has 1 aromatic heterocycles. The molecule has 0 bridgehead atoms. The van der Waals surface area contributed by atoms with Crippen molar-refractivity contribution in [2.75, 3.05) is 0 Å². The minimum atomic E-state index is 0.194. The van der Waals surface area contributed by atoms with Gasteiger partial charge >= 0.3 is 33.3 Å². The molecular formula is C24H28Cl2FeN4. The van der Waals surface area contributed by atoms with Gasteiger partial charge in [-0.3, -0.25) is 4.99 Å². The minimum absolute atomic E-state index is 0.194. The Balaban J connectivity index is 0.00000107. The fourth-order valence-corrected chi connectivity index (χ4v) is 3.38. The van der Waals surface area contributed by atoms with Crippen LogP contribution in [0.1, 0.15) is 47.6 Å². The molecule has 0 radical (unpaired) electrons. The molecule has 0 aliphatic rings. The number of rotatable bonds is 4. The molecule has 7 heteroatoms. The second kappa shape index (κ2) is 11.6. The first kappa shape index (κ1) is 25.4. The van der Waals surface area contributed by atoms with E-state index in [2.05, 4.69) is 64.1 Å². The van der Waals surface area contributed by atoms with Gasteiger partial charge in [0.15, 0.2) is 5.82 Å². The third kappa shape index (κ3) is 6.54. The number of nitrogens with zero attached hydrogens (tertiary/aromatic N) is 4. The average Bonchev–Trinajstić information content (AvgIpc) is 3.10. The quantitative estimate of drug-likeness (QED) is 0.274. The predicted octanol–water partition coefficient (Wildman–Crippen LogP) is 7.31. The van der Waals surface area contributed by atoms with Gasteiger partial charge in [-0.15, -0.1) is 0 Å². The molecule has 1 heterocycles. The van der Waals surface area contributed by atoms with E-state index in [0.29, 0.717) is 0 Å². The number of hydrogen-bond acceptors (Lipinski definition) is 3. The predicted molar refractivity (Wildman–Crippen MR) is 130 cm³/mol. The van der Waals surface area contributed by atoms with Gasteiger partial charge in [-0.25, -0.2) is 9.98 Å². The van der Waals surface area contributed by atoms with Gasteiger partial charge < -0.3 is 4.57 Å². The van der Waals surface area contributed by atoms with Crippen LogP contribution in [0.3, 0.4) is 0 Å². The zero-order valence-corrected chi connectivity index (χ0v) is 21.6. The Hall–Kier alpha value is -1.91. The van der Waals surface area contributed by atoms with Gasteiger partial charge in [0, 0.05) is 13.2 Å². The zero-order valence-electron chi connectivity index (χ0n) is 18.9. The molecule has 0 aliphatic heterocycles. The van der Waals surface area contributed by atoms with Gasteiger partial charge in [-0.2, -0.15) is 0 Å². The van der Waals surface area contributed by atoms with Gasteiger partial charge in [0.2, 0.25) is 0 Å². The van der Waals surface area contributed by atoms with Crippen LogP contribution in [0.5, 0.6) is 0 Å². The Kier molecular flexibility index (Phi) is 9.52. The summed E-state index contributed by atoms with van der Waals surface area (Å²) in [7, 11) is 11.5. The van der Waals surface area contributed by atoms with Crippen LogP contribution in [-0.2, 0) is 20.2 Å². The first-order valence-corrected chi connectivity index (χ1v) is 12.9. The summed E-state index contributed by atoms with van der Waals surface area (Å²) in [4.78, 5) is 14.5. The molecule has 0 saturated heterocycles. The van der Waals surface area contributed by atoms with Gasteiger partial charge in [0.1, 0.15) is 5.69 Å². The van der Waals surface area contributed by atoms with E-state index in [4.69, 9.17) is 35.2 Å². The van der Waals surface area contributed by atoms with Crippen molar-refractivity contribution in [3.05, 3.63) is 76.4 Å². The van der Waals surface area contributed by atoms with E-state index in [1.165, 1.54) is 22.3 Å². The van der Waals surface area contributed by atoms with Crippen LogP contribution < -0.4 is 0 Å². The van der Waals surface area contributed by atoms with E-state index in [-0.39, 0.29) is 13.1 Å². The van der Waals surface area contributed by atoms with Gasteiger partial charge in [0.25, 0.3) is 0 Å².